The van der Waals surface area contributed by atoms with Gasteiger partial charge in [-0.15, -0.1) is 0 Å². The quantitative estimate of drug-likeness (QED) is 0.132. The molecule has 0 fully saturated rings. The Morgan fingerprint density at radius 2 is 1.68 bits per heavy atom. The fourth-order valence-corrected chi connectivity index (χ4v) is 2.93. The van der Waals surface area contributed by atoms with Crippen LogP contribution in [0.4, 0.5) is 30.7 Å². The molecular formula is C20H15Cl2F7N2O3. The van der Waals surface area contributed by atoms with E-state index in [1.165, 1.54) is 30.3 Å². The number of nitrogens with one attached hydrogen (secondary N) is 1. The molecule has 2 rings (SSSR count). The number of hydrogen-bond donors (Lipinski definition) is 1. The monoisotopic (exact) mass is 534 g/mol. The van der Waals surface area contributed by atoms with Crippen molar-refractivity contribution in [2.75, 3.05) is 6.61 Å². The summed E-state index contributed by atoms with van der Waals surface area (Å²) in [5.41, 5.74) is 1.13. The van der Waals surface area contributed by atoms with E-state index in [0.29, 0.717) is 17.2 Å². The lowest BCUT2D eigenvalue weighted by atomic mass is 10.1. The molecule has 14 heteroatoms. The lowest BCUT2D eigenvalue weighted by Crippen LogP contribution is -2.58. The number of halogens is 9. The van der Waals surface area contributed by atoms with Crippen molar-refractivity contribution >= 4 is 35.4 Å². The molecule has 0 radical (unpaired) electrons. The van der Waals surface area contributed by atoms with Gasteiger partial charge in [-0.3, -0.25) is 0 Å². The highest BCUT2D eigenvalue weighted by Gasteiger charge is 2.73. The van der Waals surface area contributed by atoms with Crippen molar-refractivity contribution < 1.29 is 45.0 Å². The lowest BCUT2D eigenvalue weighted by Gasteiger charge is -2.27. The standard InChI is InChI=1S/C20H15Cl2F7N2O3/c1-2-33-17(32)12-5-3-11(4-6-12)10-34-16-13(7-14(21)8-15(16)22)9-30-31-20(28,29)18(23,24)19(25,26)27/h3-9,31H,2,10H2,1H3/b30-9-. The first-order chi connectivity index (χ1) is 15.7. The van der Waals surface area contributed by atoms with Gasteiger partial charge >= 0.3 is 24.1 Å². The summed E-state index contributed by atoms with van der Waals surface area (Å²) in [5.74, 6) is -7.09. The first kappa shape index (κ1) is 27.5. The van der Waals surface area contributed by atoms with E-state index in [0.717, 1.165) is 6.07 Å². The van der Waals surface area contributed by atoms with E-state index in [-0.39, 0.29) is 40.1 Å². The molecule has 34 heavy (non-hydrogen) atoms. The smallest absolute Gasteiger partial charge is 0.462 e. The van der Waals surface area contributed by atoms with Crippen LogP contribution in [0.3, 0.4) is 0 Å². The summed E-state index contributed by atoms with van der Waals surface area (Å²) in [5, 5.41) is 2.64. The van der Waals surface area contributed by atoms with E-state index in [1.807, 2.05) is 0 Å². The average molecular weight is 535 g/mol. The Morgan fingerprint density at radius 3 is 2.24 bits per heavy atom. The third kappa shape index (κ3) is 6.44. The summed E-state index contributed by atoms with van der Waals surface area (Å²) in [7, 11) is 0. The molecule has 0 bridgehead atoms. The van der Waals surface area contributed by atoms with Crippen LogP contribution in [0.2, 0.25) is 10.0 Å². The van der Waals surface area contributed by atoms with Crippen LogP contribution in [-0.4, -0.2) is 36.9 Å². The van der Waals surface area contributed by atoms with Gasteiger partial charge in [-0.05, 0) is 36.8 Å². The predicted molar refractivity (Wildman–Crippen MR) is 110 cm³/mol. The Bertz CT molecular complexity index is 1050. The van der Waals surface area contributed by atoms with Crippen molar-refractivity contribution in [2.24, 2.45) is 5.10 Å². The van der Waals surface area contributed by atoms with Crippen LogP contribution >= 0.6 is 23.2 Å². The molecule has 5 nitrogen and oxygen atoms in total. The minimum atomic E-state index is -6.52. The van der Waals surface area contributed by atoms with E-state index in [4.69, 9.17) is 32.7 Å². The van der Waals surface area contributed by atoms with Crippen LogP contribution in [0.25, 0.3) is 0 Å². The average Bonchev–Trinajstić information content (AvgIpc) is 2.72. The normalized spacial score (nSPS) is 12.6. The molecule has 2 aromatic carbocycles. The van der Waals surface area contributed by atoms with Gasteiger partial charge in [0.25, 0.3) is 0 Å². The van der Waals surface area contributed by atoms with Crippen LogP contribution in [0.15, 0.2) is 41.5 Å². The lowest BCUT2D eigenvalue weighted by molar-refractivity contribution is -0.361. The van der Waals surface area contributed by atoms with Crippen LogP contribution in [-0.2, 0) is 11.3 Å². The SMILES string of the molecule is CCOC(=O)c1ccc(COc2c(Cl)cc(Cl)cc2/C=N\NC(F)(F)C(F)(F)C(F)(F)F)cc1. The second-order valence-electron chi connectivity index (χ2n) is 6.53. The van der Waals surface area contributed by atoms with E-state index >= 15 is 0 Å². The highest BCUT2D eigenvalue weighted by molar-refractivity contribution is 6.36. The van der Waals surface area contributed by atoms with E-state index in [9.17, 15) is 35.5 Å². The molecule has 0 saturated carbocycles. The molecule has 0 atom stereocenters. The summed E-state index contributed by atoms with van der Waals surface area (Å²) in [6.45, 7) is 1.69. The van der Waals surface area contributed by atoms with E-state index in [2.05, 4.69) is 5.10 Å². The number of ether oxygens (including phenoxy) is 2. The number of carbonyl (C=O) groups is 1. The second-order valence-corrected chi connectivity index (χ2v) is 7.37. The van der Waals surface area contributed by atoms with E-state index in [1.54, 1.807) is 6.92 Å². The Kier molecular flexibility index (Phi) is 8.65. The zero-order chi connectivity index (χ0) is 25.7. The number of alkyl halides is 7. The van der Waals surface area contributed by atoms with Crippen LogP contribution < -0.4 is 10.2 Å². The van der Waals surface area contributed by atoms with Gasteiger partial charge in [-0.25, -0.2) is 10.2 Å². The molecule has 186 valence electrons. The van der Waals surface area contributed by atoms with Crippen molar-refractivity contribution in [1.29, 1.82) is 0 Å². The number of carbonyl (C=O) groups excluding carboxylic acids is 1. The largest absolute Gasteiger partial charge is 0.487 e. The van der Waals surface area contributed by atoms with Gasteiger partial charge in [0, 0.05) is 10.6 Å². The second kappa shape index (κ2) is 10.7. The molecule has 0 aliphatic heterocycles. The Morgan fingerprint density at radius 1 is 1.06 bits per heavy atom. The number of benzene rings is 2. The van der Waals surface area contributed by atoms with Gasteiger partial charge in [0.2, 0.25) is 0 Å². The van der Waals surface area contributed by atoms with Crippen molar-refractivity contribution in [1.82, 2.24) is 5.43 Å². The van der Waals surface area contributed by atoms with Crippen LogP contribution in [0.1, 0.15) is 28.4 Å². The number of esters is 1. The Balaban J connectivity index is 2.19. The predicted octanol–water partition coefficient (Wildman–Crippen LogP) is 6.46. The minimum Gasteiger partial charge on any atom is -0.487 e. The Labute approximate surface area is 198 Å². The van der Waals surface area contributed by atoms with Crippen LogP contribution in [0.5, 0.6) is 5.75 Å². The van der Waals surface area contributed by atoms with Crippen molar-refractivity contribution in [3.8, 4) is 5.75 Å². The number of hydrazone groups is 1. The summed E-state index contributed by atoms with van der Waals surface area (Å²) in [4.78, 5) is 11.7. The molecule has 0 amide bonds. The minimum absolute atomic E-state index is 0.0232. The zero-order valence-electron chi connectivity index (χ0n) is 17.0. The maximum Gasteiger partial charge on any atom is 0.462 e. The van der Waals surface area contributed by atoms with Gasteiger partial charge in [-0.1, -0.05) is 35.3 Å². The van der Waals surface area contributed by atoms with E-state index < -0.39 is 24.1 Å². The van der Waals surface area contributed by atoms with Crippen LogP contribution in [0, 0.1) is 0 Å². The number of rotatable bonds is 9. The molecular weight excluding hydrogens is 520 g/mol. The molecule has 0 aliphatic carbocycles. The molecule has 0 unspecified atom stereocenters. The first-order valence-corrected chi connectivity index (χ1v) is 9.95. The van der Waals surface area contributed by atoms with Crippen molar-refractivity contribution in [3.63, 3.8) is 0 Å². The first-order valence-electron chi connectivity index (χ1n) is 9.20. The van der Waals surface area contributed by atoms with Crippen molar-refractivity contribution in [2.45, 2.75) is 31.7 Å². The Hall–Kier alpha value is -2.73. The summed E-state index contributed by atoms with van der Waals surface area (Å²) >= 11 is 11.9. The highest BCUT2D eigenvalue weighted by atomic mass is 35.5. The number of hydrogen-bond acceptors (Lipinski definition) is 5. The molecule has 0 heterocycles. The molecule has 0 aliphatic rings. The van der Waals surface area contributed by atoms with Gasteiger partial charge in [0.15, 0.2) is 0 Å². The van der Waals surface area contributed by atoms with Gasteiger partial charge < -0.3 is 9.47 Å². The molecule has 0 spiro atoms. The maximum absolute atomic E-state index is 13.4. The van der Waals surface area contributed by atoms with Gasteiger partial charge in [-0.2, -0.15) is 35.8 Å². The molecule has 2 aromatic rings. The number of nitrogens with zero attached hydrogens (tertiary/aromatic N) is 1. The fourth-order valence-electron chi connectivity index (χ4n) is 2.37. The molecule has 1 N–H and O–H groups in total. The molecule has 0 aromatic heterocycles. The summed E-state index contributed by atoms with van der Waals surface area (Å²) < 4.78 is 99.7. The third-order valence-electron chi connectivity index (χ3n) is 4.04. The molecule has 0 saturated heterocycles. The maximum atomic E-state index is 13.4. The fraction of sp³-hybridized carbons (Fsp3) is 0.300. The third-order valence-corrected chi connectivity index (χ3v) is 4.54. The highest BCUT2D eigenvalue weighted by Crippen LogP contribution is 2.45. The van der Waals surface area contributed by atoms with Crippen molar-refractivity contribution in [3.05, 3.63) is 63.1 Å². The summed E-state index contributed by atoms with van der Waals surface area (Å²) in [6, 6.07) is 2.59. The topological polar surface area (TPSA) is 59.9 Å². The summed E-state index contributed by atoms with van der Waals surface area (Å²) in [6.07, 6.45) is -6.02. The zero-order valence-corrected chi connectivity index (χ0v) is 18.5. The van der Waals surface area contributed by atoms with Gasteiger partial charge in [0.1, 0.15) is 12.4 Å². The van der Waals surface area contributed by atoms with Gasteiger partial charge in [0.05, 0.1) is 23.4 Å².